The molecule has 1 atom stereocenters. The van der Waals surface area contributed by atoms with Crippen LogP contribution >= 0.6 is 11.6 Å². The molecule has 0 aliphatic heterocycles. The van der Waals surface area contributed by atoms with Gasteiger partial charge in [0.25, 0.3) is 0 Å². The third kappa shape index (κ3) is 4.65. The lowest BCUT2D eigenvalue weighted by Gasteiger charge is -2.13. The highest BCUT2D eigenvalue weighted by Gasteiger charge is 2.15. The molecule has 0 saturated heterocycles. The molecule has 0 bridgehead atoms. The summed E-state index contributed by atoms with van der Waals surface area (Å²) in [6.45, 7) is -0.855. The molecule has 0 aromatic heterocycles. The van der Waals surface area contributed by atoms with E-state index in [2.05, 4.69) is 10.1 Å². The van der Waals surface area contributed by atoms with Crippen LogP contribution in [0.4, 0.5) is 14.5 Å². The van der Waals surface area contributed by atoms with E-state index in [9.17, 15) is 13.6 Å². The highest BCUT2D eigenvalue weighted by atomic mass is 35.5. The SMILES string of the molecule is CCC(CN)C(=O)Nc1ccc(OC(F)F)c(Cl)c1. The maximum Gasteiger partial charge on any atom is 0.387 e. The number of ether oxygens (including phenoxy) is 1. The van der Waals surface area contributed by atoms with Gasteiger partial charge in [-0.05, 0) is 24.6 Å². The molecule has 0 heterocycles. The van der Waals surface area contributed by atoms with Crippen LogP contribution in [0.2, 0.25) is 5.02 Å². The van der Waals surface area contributed by atoms with Crippen molar-refractivity contribution in [3.8, 4) is 5.75 Å². The van der Waals surface area contributed by atoms with E-state index >= 15 is 0 Å². The van der Waals surface area contributed by atoms with Crippen LogP contribution in [-0.2, 0) is 4.79 Å². The lowest BCUT2D eigenvalue weighted by atomic mass is 10.1. The Morgan fingerprint density at radius 2 is 2.21 bits per heavy atom. The van der Waals surface area contributed by atoms with Crippen LogP contribution < -0.4 is 15.8 Å². The summed E-state index contributed by atoms with van der Waals surface area (Å²) in [6, 6.07) is 4.05. The van der Waals surface area contributed by atoms with Crippen LogP contribution in [-0.4, -0.2) is 19.1 Å². The Balaban J connectivity index is 2.75. The fraction of sp³-hybridized carbons (Fsp3) is 0.417. The van der Waals surface area contributed by atoms with Crippen LogP contribution in [0.3, 0.4) is 0 Å². The summed E-state index contributed by atoms with van der Waals surface area (Å²) >= 11 is 5.77. The van der Waals surface area contributed by atoms with Gasteiger partial charge >= 0.3 is 6.61 Å². The Bertz CT molecular complexity index is 440. The quantitative estimate of drug-likeness (QED) is 0.847. The van der Waals surface area contributed by atoms with Gasteiger partial charge in [-0.15, -0.1) is 0 Å². The predicted molar refractivity (Wildman–Crippen MR) is 69.5 cm³/mol. The molecule has 3 N–H and O–H groups in total. The Labute approximate surface area is 114 Å². The number of rotatable bonds is 6. The second-order valence-corrected chi connectivity index (χ2v) is 4.26. The van der Waals surface area contributed by atoms with E-state index in [1.807, 2.05) is 6.92 Å². The summed E-state index contributed by atoms with van der Waals surface area (Å²) in [4.78, 5) is 11.8. The fourth-order valence-electron chi connectivity index (χ4n) is 1.47. The Morgan fingerprint density at radius 1 is 1.53 bits per heavy atom. The first-order valence-corrected chi connectivity index (χ1v) is 6.11. The maximum atomic E-state index is 12.0. The van der Waals surface area contributed by atoms with Gasteiger partial charge in [0, 0.05) is 12.2 Å². The standard InChI is InChI=1S/C12H15ClF2N2O2/c1-2-7(6-16)11(18)17-8-3-4-10(9(13)5-8)19-12(14)15/h3-5,7,12H,2,6,16H2,1H3,(H,17,18). The summed E-state index contributed by atoms with van der Waals surface area (Å²) in [7, 11) is 0. The number of nitrogens with one attached hydrogen (secondary N) is 1. The largest absolute Gasteiger partial charge is 0.433 e. The van der Waals surface area contributed by atoms with Crippen LogP contribution in [0.5, 0.6) is 5.75 Å². The molecule has 7 heteroatoms. The van der Waals surface area contributed by atoms with Crippen LogP contribution in [0, 0.1) is 5.92 Å². The number of halogens is 3. The summed E-state index contributed by atoms with van der Waals surface area (Å²) < 4.78 is 28.3. The molecule has 0 aliphatic rings. The summed E-state index contributed by atoms with van der Waals surface area (Å²) in [5, 5.41) is 2.62. The van der Waals surface area contributed by atoms with Crippen molar-refractivity contribution in [3.05, 3.63) is 23.2 Å². The average molecular weight is 293 g/mol. The van der Waals surface area contributed by atoms with Gasteiger partial charge in [0.2, 0.25) is 5.91 Å². The minimum absolute atomic E-state index is 0.00102. The van der Waals surface area contributed by atoms with Crippen molar-refractivity contribution in [2.75, 3.05) is 11.9 Å². The number of hydrogen-bond acceptors (Lipinski definition) is 3. The molecular weight excluding hydrogens is 278 g/mol. The van der Waals surface area contributed by atoms with Gasteiger partial charge in [-0.1, -0.05) is 18.5 Å². The van der Waals surface area contributed by atoms with E-state index in [0.717, 1.165) is 0 Å². The normalized spacial score (nSPS) is 12.3. The lowest BCUT2D eigenvalue weighted by molar-refractivity contribution is -0.119. The molecule has 0 fully saturated rings. The van der Waals surface area contributed by atoms with Crippen LogP contribution in [0.1, 0.15) is 13.3 Å². The van der Waals surface area contributed by atoms with Gasteiger partial charge in [-0.25, -0.2) is 0 Å². The molecule has 1 aromatic rings. The Hall–Kier alpha value is -1.40. The first kappa shape index (κ1) is 15.7. The van der Waals surface area contributed by atoms with Crippen molar-refractivity contribution >= 4 is 23.2 Å². The highest BCUT2D eigenvalue weighted by Crippen LogP contribution is 2.29. The van der Waals surface area contributed by atoms with E-state index in [1.165, 1.54) is 18.2 Å². The van der Waals surface area contributed by atoms with Crippen molar-refractivity contribution in [1.82, 2.24) is 0 Å². The molecule has 106 valence electrons. The summed E-state index contributed by atoms with van der Waals surface area (Å²) in [6.07, 6.45) is 0.614. The monoisotopic (exact) mass is 292 g/mol. The molecule has 1 unspecified atom stereocenters. The number of anilines is 1. The van der Waals surface area contributed by atoms with Crippen molar-refractivity contribution in [3.63, 3.8) is 0 Å². The molecule has 19 heavy (non-hydrogen) atoms. The molecule has 0 aliphatic carbocycles. The van der Waals surface area contributed by atoms with Crippen molar-refractivity contribution in [1.29, 1.82) is 0 Å². The summed E-state index contributed by atoms with van der Waals surface area (Å²) in [5.74, 6) is -0.667. The highest BCUT2D eigenvalue weighted by molar-refractivity contribution is 6.32. The number of carbonyl (C=O) groups excluding carboxylic acids is 1. The number of hydrogen-bond donors (Lipinski definition) is 2. The minimum Gasteiger partial charge on any atom is -0.433 e. The molecular formula is C12H15ClF2N2O2. The number of benzene rings is 1. The average Bonchev–Trinajstić information content (AvgIpc) is 2.33. The first-order valence-electron chi connectivity index (χ1n) is 5.73. The molecule has 0 spiro atoms. The maximum absolute atomic E-state index is 12.0. The second kappa shape index (κ2) is 7.25. The van der Waals surface area contributed by atoms with Gasteiger partial charge in [-0.3, -0.25) is 4.79 Å². The Morgan fingerprint density at radius 3 is 2.68 bits per heavy atom. The molecule has 1 amide bonds. The van der Waals surface area contributed by atoms with Crippen molar-refractivity contribution in [2.24, 2.45) is 11.7 Å². The molecule has 0 radical (unpaired) electrons. The van der Waals surface area contributed by atoms with E-state index in [1.54, 1.807) is 0 Å². The fourth-order valence-corrected chi connectivity index (χ4v) is 1.70. The molecule has 1 aromatic carbocycles. The molecule has 4 nitrogen and oxygen atoms in total. The predicted octanol–water partition coefficient (Wildman–Crippen LogP) is 2.86. The number of carbonyl (C=O) groups is 1. The number of amides is 1. The smallest absolute Gasteiger partial charge is 0.387 e. The third-order valence-electron chi connectivity index (χ3n) is 2.56. The topological polar surface area (TPSA) is 64.4 Å². The van der Waals surface area contributed by atoms with Gasteiger partial charge in [0.1, 0.15) is 5.75 Å². The van der Waals surface area contributed by atoms with Gasteiger partial charge in [-0.2, -0.15) is 8.78 Å². The van der Waals surface area contributed by atoms with Crippen molar-refractivity contribution < 1.29 is 18.3 Å². The van der Waals surface area contributed by atoms with E-state index in [4.69, 9.17) is 17.3 Å². The number of nitrogens with two attached hydrogens (primary N) is 1. The van der Waals surface area contributed by atoms with Gasteiger partial charge < -0.3 is 15.8 Å². The second-order valence-electron chi connectivity index (χ2n) is 3.85. The molecule has 1 rings (SSSR count). The van der Waals surface area contributed by atoms with Gasteiger partial charge in [0.15, 0.2) is 0 Å². The minimum atomic E-state index is -2.94. The van der Waals surface area contributed by atoms with Crippen LogP contribution in [0.15, 0.2) is 18.2 Å². The van der Waals surface area contributed by atoms with E-state index in [-0.39, 0.29) is 29.1 Å². The molecule has 0 saturated carbocycles. The van der Waals surface area contributed by atoms with E-state index in [0.29, 0.717) is 12.1 Å². The lowest BCUT2D eigenvalue weighted by Crippen LogP contribution is -2.28. The number of alkyl halides is 2. The van der Waals surface area contributed by atoms with E-state index < -0.39 is 6.61 Å². The van der Waals surface area contributed by atoms with Crippen LogP contribution in [0.25, 0.3) is 0 Å². The zero-order valence-corrected chi connectivity index (χ0v) is 11.1. The zero-order chi connectivity index (χ0) is 14.4. The third-order valence-corrected chi connectivity index (χ3v) is 2.86. The van der Waals surface area contributed by atoms with Crippen molar-refractivity contribution in [2.45, 2.75) is 20.0 Å². The zero-order valence-electron chi connectivity index (χ0n) is 10.3. The Kier molecular flexibility index (Phi) is 5.98. The summed E-state index contributed by atoms with van der Waals surface area (Å²) in [5.41, 5.74) is 5.86. The van der Waals surface area contributed by atoms with Gasteiger partial charge in [0.05, 0.1) is 10.9 Å². The first-order chi connectivity index (χ1) is 8.97.